The molecule has 0 amide bonds. The Hall–Kier alpha value is 1.02. The molecule has 7 heteroatoms. The predicted molar refractivity (Wildman–Crippen MR) is 24.4 cm³/mol. The summed E-state index contributed by atoms with van der Waals surface area (Å²) in [4.78, 5) is 9.70. The predicted octanol–water partition coefficient (Wildman–Crippen LogP) is -3.53. The Bertz CT molecular complexity index is 186. The van der Waals surface area contributed by atoms with Gasteiger partial charge in [0.05, 0.1) is 0 Å². The van der Waals surface area contributed by atoms with Crippen LogP contribution in [0.2, 0.25) is 0 Å². The summed E-state index contributed by atoms with van der Waals surface area (Å²) in [6.45, 7) is 0.869. The third-order valence-electron chi connectivity index (χ3n) is 0.223. The van der Waals surface area contributed by atoms with Crippen LogP contribution in [0, 0.1) is 0 Å². The van der Waals surface area contributed by atoms with Crippen LogP contribution in [-0.4, -0.2) is 18.9 Å². The van der Waals surface area contributed by atoms with Gasteiger partial charge in [-0.2, -0.15) is 8.42 Å². The second-order valence-corrected chi connectivity index (χ2v) is 2.02. The van der Waals surface area contributed by atoms with E-state index in [0.29, 0.717) is 0 Å². The topological polar surface area (TPSA) is 80.7 Å². The molecule has 0 aliphatic carbocycles. The minimum atomic E-state index is -4.57. The third-order valence-corrected chi connectivity index (χ3v) is 0.668. The first-order valence-corrected chi connectivity index (χ1v) is 2.96. The van der Waals surface area contributed by atoms with Gasteiger partial charge in [0.15, 0.2) is 0 Å². The number of carbonyl (C=O) groups is 1. The van der Waals surface area contributed by atoms with E-state index in [1.807, 2.05) is 0 Å². The fourth-order valence-electron chi connectivity index (χ4n) is 0.148. The molecule has 0 aromatic heterocycles. The van der Waals surface area contributed by atoms with Gasteiger partial charge >= 0.3 is 67.8 Å². The maximum atomic E-state index is 9.70. The number of hydrogen-bond donors (Lipinski definition) is 1. The van der Waals surface area contributed by atoms with Crippen LogP contribution in [0.3, 0.4) is 0 Å². The van der Waals surface area contributed by atoms with Crippen LogP contribution < -0.4 is 51.4 Å². The normalized spacial score (nSPS) is 9.56. The zero-order valence-corrected chi connectivity index (χ0v) is 8.93. The summed E-state index contributed by atoms with van der Waals surface area (Å²) in [5, 5.41) is 0. The molecule has 0 spiro atoms. The standard InChI is InChI=1S/C2H4O5S.K.H/c1-2(3)7-8(4,5)6;;/h1H3,(H,4,5,6);;/q;+1;-1. The molecule has 0 aromatic rings. The van der Waals surface area contributed by atoms with Gasteiger partial charge in [-0.25, -0.2) is 0 Å². The summed E-state index contributed by atoms with van der Waals surface area (Å²) >= 11 is 0. The third kappa shape index (κ3) is 12.3. The second-order valence-electron chi connectivity index (χ2n) is 1.00. The van der Waals surface area contributed by atoms with Crippen molar-refractivity contribution in [1.29, 1.82) is 0 Å². The Morgan fingerprint density at radius 1 is 1.67 bits per heavy atom. The molecule has 0 saturated heterocycles. The summed E-state index contributed by atoms with van der Waals surface area (Å²) in [5.41, 5.74) is 0. The van der Waals surface area contributed by atoms with Crippen LogP contribution in [-0.2, 0) is 19.4 Å². The number of rotatable bonds is 1. The number of carbonyl (C=O) groups excluding carboxylic acids is 1. The molecule has 0 aliphatic rings. The second kappa shape index (κ2) is 4.77. The molecule has 0 atom stereocenters. The Kier molecular flexibility index (Phi) is 6.72. The van der Waals surface area contributed by atoms with Gasteiger partial charge in [-0.1, -0.05) is 0 Å². The fraction of sp³-hybridized carbons (Fsp3) is 0.500. The van der Waals surface area contributed by atoms with Gasteiger partial charge in [0.1, 0.15) is 0 Å². The molecule has 0 aromatic carbocycles. The SMILES string of the molecule is CC(=O)OS(=O)(=O)O.[H-].[K+]. The van der Waals surface area contributed by atoms with E-state index < -0.39 is 16.4 Å². The van der Waals surface area contributed by atoms with E-state index in [4.69, 9.17) is 4.55 Å². The Labute approximate surface area is 96.6 Å². The molecule has 0 rings (SSSR count). The Morgan fingerprint density at radius 3 is 2.00 bits per heavy atom. The molecule has 1 N–H and O–H groups in total. The van der Waals surface area contributed by atoms with E-state index in [0.717, 1.165) is 6.92 Å². The quantitative estimate of drug-likeness (QED) is 0.334. The minimum absolute atomic E-state index is 0. The molecule has 0 radical (unpaired) electrons. The van der Waals surface area contributed by atoms with Crippen molar-refractivity contribution in [2.24, 2.45) is 0 Å². The zero-order chi connectivity index (χ0) is 6.78. The van der Waals surface area contributed by atoms with Gasteiger partial charge in [0.2, 0.25) is 0 Å². The smallest absolute Gasteiger partial charge is 1.00 e. The summed E-state index contributed by atoms with van der Waals surface area (Å²) in [6.07, 6.45) is 0. The fourth-order valence-corrected chi connectivity index (χ4v) is 0.445. The van der Waals surface area contributed by atoms with E-state index in [-0.39, 0.29) is 52.8 Å². The van der Waals surface area contributed by atoms with Crippen molar-refractivity contribution in [3.8, 4) is 0 Å². The first-order chi connectivity index (χ1) is 3.42. The monoisotopic (exact) mass is 180 g/mol. The van der Waals surface area contributed by atoms with Gasteiger partial charge in [0, 0.05) is 6.92 Å². The summed E-state index contributed by atoms with van der Waals surface area (Å²) < 4.78 is 30.2. The van der Waals surface area contributed by atoms with E-state index >= 15 is 0 Å². The van der Waals surface area contributed by atoms with E-state index in [1.54, 1.807) is 0 Å². The van der Waals surface area contributed by atoms with Gasteiger partial charge in [-0.3, -0.25) is 9.35 Å². The molecule has 0 aliphatic heterocycles. The molecule has 0 bridgehead atoms. The van der Waals surface area contributed by atoms with Crippen molar-refractivity contribution < 1.29 is 74.8 Å². The van der Waals surface area contributed by atoms with E-state index in [1.165, 1.54) is 0 Å². The molecule has 0 fully saturated rings. The average Bonchev–Trinajstić information content (AvgIpc) is 1.21. The van der Waals surface area contributed by atoms with Crippen molar-refractivity contribution in [2.45, 2.75) is 6.92 Å². The summed E-state index contributed by atoms with van der Waals surface area (Å²) in [5.74, 6) is -1.06. The maximum Gasteiger partial charge on any atom is 1.00 e. The first-order valence-electron chi connectivity index (χ1n) is 1.59. The van der Waals surface area contributed by atoms with Crippen LogP contribution in [0.1, 0.15) is 8.35 Å². The number of hydrogen-bond acceptors (Lipinski definition) is 4. The van der Waals surface area contributed by atoms with Gasteiger partial charge in [-0.15, -0.1) is 0 Å². The largest absolute Gasteiger partial charge is 1.00 e. The van der Waals surface area contributed by atoms with Gasteiger partial charge in [0.25, 0.3) is 0 Å². The molecule has 0 heterocycles. The van der Waals surface area contributed by atoms with Crippen LogP contribution >= 0.6 is 0 Å². The molecule has 5 nitrogen and oxygen atoms in total. The van der Waals surface area contributed by atoms with E-state index in [9.17, 15) is 13.2 Å². The van der Waals surface area contributed by atoms with Crippen LogP contribution in [0.25, 0.3) is 0 Å². The molecule has 50 valence electrons. The Morgan fingerprint density at radius 2 is 2.00 bits per heavy atom. The average molecular weight is 180 g/mol. The minimum Gasteiger partial charge on any atom is -1.00 e. The van der Waals surface area contributed by atoms with Crippen LogP contribution in [0.5, 0.6) is 0 Å². The van der Waals surface area contributed by atoms with Crippen molar-refractivity contribution >= 4 is 16.4 Å². The zero-order valence-electron chi connectivity index (χ0n) is 5.99. The van der Waals surface area contributed by atoms with Crippen LogP contribution in [0.15, 0.2) is 0 Å². The van der Waals surface area contributed by atoms with Crippen LogP contribution in [0.4, 0.5) is 0 Å². The first kappa shape index (κ1) is 12.7. The molecule has 0 unspecified atom stereocenters. The Balaban J connectivity index is -0.000000245. The van der Waals surface area contributed by atoms with Crippen molar-refractivity contribution in [3.63, 3.8) is 0 Å². The van der Waals surface area contributed by atoms with Crippen molar-refractivity contribution in [3.05, 3.63) is 0 Å². The van der Waals surface area contributed by atoms with Crippen molar-refractivity contribution in [2.75, 3.05) is 0 Å². The van der Waals surface area contributed by atoms with Gasteiger partial charge < -0.3 is 5.61 Å². The molecule has 9 heavy (non-hydrogen) atoms. The summed E-state index contributed by atoms with van der Waals surface area (Å²) in [7, 11) is -4.57. The summed E-state index contributed by atoms with van der Waals surface area (Å²) in [6, 6.07) is 0. The van der Waals surface area contributed by atoms with Crippen molar-refractivity contribution in [1.82, 2.24) is 0 Å². The molecular weight excluding hydrogens is 175 g/mol. The molecule has 0 saturated carbocycles. The maximum absolute atomic E-state index is 9.70. The van der Waals surface area contributed by atoms with Gasteiger partial charge in [-0.05, 0) is 0 Å². The molecular formula is C2H5KO5S. The van der Waals surface area contributed by atoms with E-state index in [2.05, 4.69) is 4.18 Å².